The summed E-state index contributed by atoms with van der Waals surface area (Å²) in [5.74, 6) is 0.825. The van der Waals surface area contributed by atoms with E-state index in [1.165, 1.54) is 4.90 Å². The molecule has 0 aromatic carbocycles. The average Bonchev–Trinajstić information content (AvgIpc) is 3.54. The van der Waals surface area contributed by atoms with Crippen molar-refractivity contribution in [2.24, 2.45) is 0 Å². The van der Waals surface area contributed by atoms with E-state index in [1.54, 1.807) is 43.6 Å². The van der Waals surface area contributed by atoms with Gasteiger partial charge in [0.05, 0.1) is 19.1 Å². The Bertz CT molecular complexity index is 1020. The maximum atomic E-state index is 13.1. The SMILES string of the molecule is CN(C)C(=O)c1cn(CCC2CCCCN2C(=O)c2ccc(Cn3ccnc3)o2)nn1. The van der Waals surface area contributed by atoms with E-state index >= 15 is 0 Å². The minimum Gasteiger partial charge on any atom is -0.454 e. The predicted molar refractivity (Wildman–Crippen MR) is 111 cm³/mol. The molecule has 31 heavy (non-hydrogen) atoms. The second kappa shape index (κ2) is 9.15. The van der Waals surface area contributed by atoms with Crippen LogP contribution >= 0.6 is 0 Å². The molecular formula is C21H27N7O3. The first-order chi connectivity index (χ1) is 15.0. The first kappa shape index (κ1) is 20.8. The third kappa shape index (κ3) is 4.84. The number of likely N-dealkylation sites (tertiary alicyclic amines) is 1. The number of nitrogens with zero attached hydrogens (tertiary/aromatic N) is 7. The van der Waals surface area contributed by atoms with Gasteiger partial charge in [0, 0.05) is 45.6 Å². The van der Waals surface area contributed by atoms with Crippen LogP contribution in [0, 0.1) is 0 Å². The number of carbonyl (C=O) groups is 2. The van der Waals surface area contributed by atoms with E-state index in [0.29, 0.717) is 31.1 Å². The lowest BCUT2D eigenvalue weighted by Crippen LogP contribution is -2.44. The van der Waals surface area contributed by atoms with Crippen LogP contribution < -0.4 is 0 Å². The fraction of sp³-hybridized carbons (Fsp3) is 0.476. The van der Waals surface area contributed by atoms with E-state index < -0.39 is 0 Å². The largest absolute Gasteiger partial charge is 0.454 e. The molecule has 1 unspecified atom stereocenters. The highest BCUT2D eigenvalue weighted by molar-refractivity contribution is 5.92. The van der Waals surface area contributed by atoms with Gasteiger partial charge in [0.1, 0.15) is 5.76 Å². The van der Waals surface area contributed by atoms with Crippen molar-refractivity contribution >= 4 is 11.8 Å². The molecule has 1 aliphatic heterocycles. The van der Waals surface area contributed by atoms with Gasteiger partial charge in [-0.3, -0.25) is 14.3 Å². The van der Waals surface area contributed by atoms with Crippen molar-refractivity contribution < 1.29 is 14.0 Å². The summed E-state index contributed by atoms with van der Waals surface area (Å²) in [4.78, 5) is 32.5. The van der Waals surface area contributed by atoms with Crippen molar-refractivity contribution in [2.75, 3.05) is 20.6 Å². The number of rotatable bonds is 7. The zero-order chi connectivity index (χ0) is 21.8. The third-order valence-electron chi connectivity index (χ3n) is 5.51. The van der Waals surface area contributed by atoms with E-state index in [9.17, 15) is 9.59 Å². The van der Waals surface area contributed by atoms with Crippen molar-refractivity contribution in [3.63, 3.8) is 0 Å². The molecule has 3 aromatic heterocycles. The lowest BCUT2D eigenvalue weighted by atomic mass is 9.99. The first-order valence-electron chi connectivity index (χ1n) is 10.5. The first-order valence-corrected chi connectivity index (χ1v) is 10.5. The minimum absolute atomic E-state index is 0.0800. The van der Waals surface area contributed by atoms with E-state index in [4.69, 9.17) is 4.42 Å². The summed E-state index contributed by atoms with van der Waals surface area (Å²) in [6, 6.07) is 3.68. The molecule has 4 rings (SSSR count). The summed E-state index contributed by atoms with van der Waals surface area (Å²) in [6.07, 6.45) is 10.7. The summed E-state index contributed by atoms with van der Waals surface area (Å²) in [6.45, 7) is 1.84. The van der Waals surface area contributed by atoms with Crippen LogP contribution in [-0.2, 0) is 13.1 Å². The summed E-state index contributed by atoms with van der Waals surface area (Å²) in [5.41, 5.74) is 0.322. The lowest BCUT2D eigenvalue weighted by molar-refractivity contribution is 0.0559. The second-order valence-electron chi connectivity index (χ2n) is 8.00. The van der Waals surface area contributed by atoms with Crippen LogP contribution in [0.2, 0.25) is 0 Å². The molecule has 0 N–H and O–H groups in total. The van der Waals surface area contributed by atoms with Gasteiger partial charge in [-0.25, -0.2) is 4.98 Å². The number of piperidine rings is 1. The maximum absolute atomic E-state index is 13.1. The van der Waals surface area contributed by atoms with E-state index in [1.807, 2.05) is 21.7 Å². The molecule has 1 atom stereocenters. The molecule has 2 amide bonds. The fourth-order valence-corrected chi connectivity index (χ4v) is 3.86. The number of aromatic nitrogens is 5. The van der Waals surface area contributed by atoms with Gasteiger partial charge in [0.2, 0.25) is 0 Å². The Morgan fingerprint density at radius 1 is 1.26 bits per heavy atom. The molecule has 1 saturated heterocycles. The van der Waals surface area contributed by atoms with Crippen molar-refractivity contribution in [2.45, 2.75) is 44.8 Å². The average molecular weight is 425 g/mol. The van der Waals surface area contributed by atoms with Crippen molar-refractivity contribution in [1.82, 2.24) is 34.3 Å². The number of imidazole rings is 1. The van der Waals surface area contributed by atoms with Gasteiger partial charge in [-0.2, -0.15) is 0 Å². The van der Waals surface area contributed by atoms with Crippen molar-refractivity contribution in [1.29, 1.82) is 0 Å². The number of aryl methyl sites for hydroxylation is 1. The molecule has 0 radical (unpaired) electrons. The molecule has 0 bridgehead atoms. The topological polar surface area (TPSA) is 102 Å². The lowest BCUT2D eigenvalue weighted by Gasteiger charge is -2.35. The monoisotopic (exact) mass is 425 g/mol. The Labute approximate surface area is 180 Å². The Morgan fingerprint density at radius 3 is 2.90 bits per heavy atom. The summed E-state index contributed by atoms with van der Waals surface area (Å²) in [7, 11) is 3.37. The van der Waals surface area contributed by atoms with Crippen molar-refractivity contribution in [3.05, 3.63) is 54.3 Å². The van der Waals surface area contributed by atoms with Crippen LogP contribution in [0.3, 0.4) is 0 Å². The van der Waals surface area contributed by atoms with Crippen molar-refractivity contribution in [3.8, 4) is 0 Å². The van der Waals surface area contributed by atoms with Crippen LogP contribution in [0.5, 0.6) is 0 Å². The second-order valence-corrected chi connectivity index (χ2v) is 8.00. The van der Waals surface area contributed by atoms with Crippen LogP contribution in [0.25, 0.3) is 0 Å². The number of amides is 2. The number of carbonyl (C=O) groups excluding carboxylic acids is 2. The molecule has 4 heterocycles. The molecule has 3 aromatic rings. The molecule has 0 spiro atoms. The van der Waals surface area contributed by atoms with Gasteiger partial charge in [-0.1, -0.05) is 5.21 Å². The van der Waals surface area contributed by atoms with E-state index in [-0.39, 0.29) is 17.9 Å². The Morgan fingerprint density at radius 2 is 2.13 bits per heavy atom. The zero-order valence-electron chi connectivity index (χ0n) is 17.8. The highest BCUT2D eigenvalue weighted by atomic mass is 16.4. The molecule has 10 heteroatoms. The van der Waals surface area contributed by atoms with Gasteiger partial charge in [-0.15, -0.1) is 5.10 Å². The van der Waals surface area contributed by atoms with Gasteiger partial charge in [0.25, 0.3) is 11.8 Å². The number of furan rings is 1. The van der Waals surface area contributed by atoms with Gasteiger partial charge in [-0.05, 0) is 37.8 Å². The normalized spacial score (nSPS) is 16.5. The number of hydrogen-bond donors (Lipinski definition) is 0. The van der Waals surface area contributed by atoms with Gasteiger partial charge < -0.3 is 18.8 Å². The number of hydrogen-bond acceptors (Lipinski definition) is 6. The highest BCUT2D eigenvalue weighted by Gasteiger charge is 2.29. The van der Waals surface area contributed by atoms with E-state index in [2.05, 4.69) is 15.3 Å². The van der Waals surface area contributed by atoms with Crippen LogP contribution in [0.4, 0.5) is 0 Å². The molecule has 0 saturated carbocycles. The Kier molecular flexibility index (Phi) is 6.15. The van der Waals surface area contributed by atoms with Crippen LogP contribution in [-0.4, -0.2) is 72.8 Å². The van der Waals surface area contributed by atoms with Crippen LogP contribution in [0.1, 0.15) is 52.5 Å². The maximum Gasteiger partial charge on any atom is 0.289 e. The molecule has 164 valence electrons. The Balaban J connectivity index is 1.39. The highest BCUT2D eigenvalue weighted by Crippen LogP contribution is 2.23. The standard InChI is InChI=1S/C21H27N7O3/c1-25(2)20(29)18-14-27(24-23-18)11-8-16-5-3-4-10-28(16)21(30)19-7-6-17(31-19)13-26-12-9-22-15-26/h6-7,9,12,14-16H,3-5,8,10-11,13H2,1-2H3. The fourth-order valence-electron chi connectivity index (χ4n) is 3.86. The van der Waals surface area contributed by atoms with Gasteiger partial charge in [0.15, 0.2) is 11.5 Å². The smallest absolute Gasteiger partial charge is 0.289 e. The zero-order valence-corrected chi connectivity index (χ0v) is 17.8. The summed E-state index contributed by atoms with van der Waals surface area (Å²) in [5, 5.41) is 8.02. The van der Waals surface area contributed by atoms with Gasteiger partial charge >= 0.3 is 0 Å². The molecular weight excluding hydrogens is 398 g/mol. The Hall–Kier alpha value is -3.43. The molecule has 1 fully saturated rings. The molecule has 10 nitrogen and oxygen atoms in total. The molecule has 0 aliphatic carbocycles. The van der Waals surface area contributed by atoms with Crippen LogP contribution in [0.15, 0.2) is 41.5 Å². The minimum atomic E-state index is -0.176. The quantitative estimate of drug-likeness (QED) is 0.573. The summed E-state index contributed by atoms with van der Waals surface area (Å²) < 4.78 is 9.39. The molecule has 1 aliphatic rings. The summed E-state index contributed by atoms with van der Waals surface area (Å²) >= 11 is 0. The predicted octanol–water partition coefficient (Wildman–Crippen LogP) is 1.90. The third-order valence-corrected chi connectivity index (χ3v) is 5.51. The van der Waals surface area contributed by atoms with E-state index in [0.717, 1.165) is 31.4 Å².